The number of aryl methyl sites for hydroxylation is 2. The van der Waals surface area contributed by atoms with Crippen LogP contribution in [-0.4, -0.2) is 41.2 Å². The minimum Gasteiger partial charge on any atom is -0.385 e. The lowest BCUT2D eigenvalue weighted by molar-refractivity contribution is 0.0943. The van der Waals surface area contributed by atoms with E-state index < -0.39 is 0 Å². The molecular formula is C16H22N4O2. The van der Waals surface area contributed by atoms with E-state index in [4.69, 9.17) is 4.74 Å². The quantitative estimate of drug-likeness (QED) is 0.828. The number of ether oxygens (including phenoxy) is 1. The summed E-state index contributed by atoms with van der Waals surface area (Å²) in [6.07, 6.45) is 0.770. The van der Waals surface area contributed by atoms with Crippen molar-refractivity contribution in [1.29, 1.82) is 0 Å². The van der Waals surface area contributed by atoms with Gasteiger partial charge in [0.2, 0.25) is 0 Å². The van der Waals surface area contributed by atoms with Crippen molar-refractivity contribution in [3.63, 3.8) is 0 Å². The highest BCUT2D eigenvalue weighted by atomic mass is 16.5. The monoisotopic (exact) mass is 302 g/mol. The standard InChI is InChI=1S/C16H22N4O2/c1-11-6-7-14(10-12(11)2)20-13(3)15(18-19-20)16(21)17-8-5-9-22-4/h6-7,10H,5,8-9H2,1-4H3,(H,17,21). The van der Waals surface area contributed by atoms with Crippen molar-refractivity contribution in [3.8, 4) is 5.69 Å². The molecule has 0 bridgehead atoms. The van der Waals surface area contributed by atoms with E-state index in [9.17, 15) is 4.79 Å². The summed E-state index contributed by atoms with van der Waals surface area (Å²) in [6, 6.07) is 6.05. The molecule has 0 atom stereocenters. The number of nitrogens with zero attached hydrogens (tertiary/aromatic N) is 3. The Morgan fingerprint density at radius 1 is 1.27 bits per heavy atom. The maximum atomic E-state index is 12.1. The van der Waals surface area contributed by atoms with Gasteiger partial charge >= 0.3 is 0 Å². The van der Waals surface area contributed by atoms with Crippen LogP contribution >= 0.6 is 0 Å². The Morgan fingerprint density at radius 2 is 2.05 bits per heavy atom. The van der Waals surface area contributed by atoms with Crippen LogP contribution in [0.3, 0.4) is 0 Å². The second-order valence-electron chi connectivity index (χ2n) is 5.31. The molecule has 6 nitrogen and oxygen atoms in total. The predicted molar refractivity (Wildman–Crippen MR) is 84.4 cm³/mol. The number of benzene rings is 1. The number of aromatic nitrogens is 3. The fourth-order valence-electron chi connectivity index (χ4n) is 2.14. The van der Waals surface area contributed by atoms with Crippen molar-refractivity contribution in [2.45, 2.75) is 27.2 Å². The molecule has 1 aromatic carbocycles. The Hall–Kier alpha value is -2.21. The molecule has 0 unspecified atom stereocenters. The molecule has 22 heavy (non-hydrogen) atoms. The van der Waals surface area contributed by atoms with Crippen molar-refractivity contribution < 1.29 is 9.53 Å². The molecule has 2 rings (SSSR count). The fourth-order valence-corrected chi connectivity index (χ4v) is 2.14. The molecule has 2 aromatic rings. The summed E-state index contributed by atoms with van der Waals surface area (Å²) in [5, 5.41) is 10.9. The first-order valence-corrected chi connectivity index (χ1v) is 7.31. The third-order valence-electron chi connectivity index (χ3n) is 3.66. The van der Waals surface area contributed by atoms with E-state index >= 15 is 0 Å². The Balaban J connectivity index is 2.15. The predicted octanol–water partition coefficient (Wildman–Crippen LogP) is 1.96. The second kappa shape index (κ2) is 7.17. The molecule has 1 aromatic heterocycles. The Bertz CT molecular complexity index is 664. The average Bonchev–Trinajstić information content (AvgIpc) is 2.88. The van der Waals surface area contributed by atoms with Gasteiger partial charge in [0.1, 0.15) is 0 Å². The van der Waals surface area contributed by atoms with Crippen LogP contribution in [0.15, 0.2) is 18.2 Å². The molecule has 0 spiro atoms. The number of nitrogens with one attached hydrogen (secondary N) is 1. The minimum absolute atomic E-state index is 0.205. The van der Waals surface area contributed by atoms with Crippen LogP contribution in [0.4, 0.5) is 0 Å². The molecule has 1 amide bonds. The fraction of sp³-hybridized carbons (Fsp3) is 0.438. The van der Waals surface area contributed by atoms with Gasteiger partial charge in [-0.05, 0) is 50.5 Å². The molecule has 0 aliphatic carbocycles. The zero-order chi connectivity index (χ0) is 16.1. The second-order valence-corrected chi connectivity index (χ2v) is 5.31. The van der Waals surface area contributed by atoms with Crippen LogP contribution in [-0.2, 0) is 4.74 Å². The van der Waals surface area contributed by atoms with Crippen molar-refractivity contribution in [1.82, 2.24) is 20.3 Å². The first-order valence-electron chi connectivity index (χ1n) is 7.31. The minimum atomic E-state index is -0.205. The Morgan fingerprint density at radius 3 is 2.73 bits per heavy atom. The molecule has 0 saturated carbocycles. The number of rotatable bonds is 6. The highest BCUT2D eigenvalue weighted by Crippen LogP contribution is 2.16. The molecule has 1 N–H and O–H groups in total. The van der Waals surface area contributed by atoms with Gasteiger partial charge in [0.05, 0.1) is 11.4 Å². The molecule has 0 aliphatic heterocycles. The average molecular weight is 302 g/mol. The number of carbonyl (C=O) groups excluding carboxylic acids is 1. The third kappa shape index (κ3) is 3.51. The van der Waals surface area contributed by atoms with Gasteiger partial charge in [-0.15, -0.1) is 5.10 Å². The number of methoxy groups -OCH3 is 1. The Labute approximate surface area is 130 Å². The zero-order valence-electron chi connectivity index (χ0n) is 13.5. The first kappa shape index (κ1) is 16.2. The summed E-state index contributed by atoms with van der Waals surface area (Å²) in [6.45, 7) is 7.14. The van der Waals surface area contributed by atoms with Crippen LogP contribution in [0.5, 0.6) is 0 Å². The number of hydrogen-bond donors (Lipinski definition) is 1. The lowest BCUT2D eigenvalue weighted by Gasteiger charge is -2.07. The van der Waals surface area contributed by atoms with E-state index in [2.05, 4.69) is 29.5 Å². The summed E-state index contributed by atoms with van der Waals surface area (Å²) in [4.78, 5) is 12.1. The van der Waals surface area contributed by atoms with Gasteiger partial charge in [-0.1, -0.05) is 11.3 Å². The van der Waals surface area contributed by atoms with E-state index in [1.807, 2.05) is 25.1 Å². The third-order valence-corrected chi connectivity index (χ3v) is 3.66. The van der Waals surface area contributed by atoms with Crippen molar-refractivity contribution in [2.24, 2.45) is 0 Å². The first-order chi connectivity index (χ1) is 10.5. The lowest BCUT2D eigenvalue weighted by atomic mass is 10.1. The Kier molecular flexibility index (Phi) is 5.27. The van der Waals surface area contributed by atoms with Crippen LogP contribution < -0.4 is 5.32 Å². The van der Waals surface area contributed by atoms with Crippen LogP contribution in [0.2, 0.25) is 0 Å². The summed E-state index contributed by atoms with van der Waals surface area (Å²) >= 11 is 0. The van der Waals surface area contributed by atoms with Gasteiger partial charge in [0.25, 0.3) is 5.91 Å². The highest BCUT2D eigenvalue weighted by molar-refractivity contribution is 5.93. The van der Waals surface area contributed by atoms with E-state index in [0.717, 1.165) is 17.8 Å². The number of carbonyl (C=O) groups is 1. The van der Waals surface area contributed by atoms with Crippen molar-refractivity contribution in [2.75, 3.05) is 20.3 Å². The van der Waals surface area contributed by atoms with E-state index in [1.54, 1.807) is 11.8 Å². The molecular weight excluding hydrogens is 280 g/mol. The van der Waals surface area contributed by atoms with E-state index in [-0.39, 0.29) is 5.91 Å². The number of amides is 1. The van der Waals surface area contributed by atoms with Gasteiger partial charge in [-0.25, -0.2) is 4.68 Å². The summed E-state index contributed by atoms with van der Waals surface area (Å²) in [5.74, 6) is -0.205. The molecule has 6 heteroatoms. The van der Waals surface area contributed by atoms with Gasteiger partial charge in [0, 0.05) is 20.3 Å². The van der Waals surface area contributed by atoms with Gasteiger partial charge in [-0.2, -0.15) is 0 Å². The molecule has 118 valence electrons. The molecule has 0 fully saturated rings. The van der Waals surface area contributed by atoms with Crippen LogP contribution in [0.1, 0.15) is 33.7 Å². The molecule has 0 saturated heterocycles. The van der Waals surface area contributed by atoms with Gasteiger partial charge < -0.3 is 10.1 Å². The summed E-state index contributed by atoms with van der Waals surface area (Å²) < 4.78 is 6.64. The molecule has 0 aliphatic rings. The van der Waals surface area contributed by atoms with Crippen molar-refractivity contribution >= 4 is 5.91 Å². The zero-order valence-corrected chi connectivity index (χ0v) is 13.5. The summed E-state index contributed by atoms with van der Waals surface area (Å²) in [7, 11) is 1.64. The smallest absolute Gasteiger partial charge is 0.273 e. The van der Waals surface area contributed by atoms with Crippen LogP contribution in [0, 0.1) is 20.8 Å². The largest absolute Gasteiger partial charge is 0.385 e. The highest BCUT2D eigenvalue weighted by Gasteiger charge is 2.17. The molecule has 1 heterocycles. The van der Waals surface area contributed by atoms with Gasteiger partial charge in [0.15, 0.2) is 5.69 Å². The molecule has 0 radical (unpaired) electrons. The van der Waals surface area contributed by atoms with E-state index in [0.29, 0.717) is 18.8 Å². The lowest BCUT2D eigenvalue weighted by Crippen LogP contribution is -2.26. The topological polar surface area (TPSA) is 69.0 Å². The SMILES string of the molecule is COCCCNC(=O)c1nnn(-c2ccc(C)c(C)c2)c1C. The normalized spacial score (nSPS) is 10.7. The summed E-state index contributed by atoms with van der Waals surface area (Å²) in [5.41, 5.74) is 4.39. The number of hydrogen-bond acceptors (Lipinski definition) is 4. The van der Waals surface area contributed by atoms with Crippen molar-refractivity contribution in [3.05, 3.63) is 40.7 Å². The van der Waals surface area contributed by atoms with Crippen LogP contribution in [0.25, 0.3) is 5.69 Å². The van der Waals surface area contributed by atoms with Gasteiger partial charge in [-0.3, -0.25) is 4.79 Å². The maximum absolute atomic E-state index is 12.1. The maximum Gasteiger partial charge on any atom is 0.273 e. The van der Waals surface area contributed by atoms with E-state index in [1.165, 1.54) is 11.1 Å².